The number of nitrogens with zero attached hydrogens (tertiary/aromatic N) is 1. The van der Waals surface area contributed by atoms with Crippen molar-refractivity contribution in [2.45, 2.75) is 75.5 Å². The second-order valence-electron chi connectivity index (χ2n) is 10.6. The normalized spacial score (nSPS) is 26.8. The maximum atomic E-state index is 13.0. The molecule has 1 fully saturated rings. The molecule has 1 N–H and O–H groups in total. The molecule has 2 aromatic rings. The number of ether oxygens (including phenoxy) is 1. The molecule has 0 radical (unpaired) electrons. The quantitative estimate of drug-likeness (QED) is 0.500. The minimum Gasteiger partial charge on any atom is -0.491 e. The molecular formula is C29H37ClN2O3S. The van der Waals surface area contributed by atoms with Gasteiger partial charge >= 0.3 is 0 Å². The van der Waals surface area contributed by atoms with Gasteiger partial charge in [0.05, 0.1) is 17.2 Å². The summed E-state index contributed by atoms with van der Waals surface area (Å²) in [6.45, 7) is 4.62. The molecule has 5 nitrogen and oxygen atoms in total. The van der Waals surface area contributed by atoms with Gasteiger partial charge in [0.2, 0.25) is 5.91 Å². The second-order valence-corrected chi connectivity index (χ2v) is 12.3. The van der Waals surface area contributed by atoms with E-state index in [1.54, 1.807) is 0 Å². The Kier molecular flexibility index (Phi) is 8.22. The summed E-state index contributed by atoms with van der Waals surface area (Å²) >= 11 is 6.37. The Hall–Kier alpha value is -2.05. The Morgan fingerprint density at radius 2 is 1.92 bits per heavy atom. The van der Waals surface area contributed by atoms with E-state index in [0.717, 1.165) is 67.6 Å². The fraction of sp³-hybridized carbons (Fsp3) is 0.552. The summed E-state index contributed by atoms with van der Waals surface area (Å²) in [4.78, 5) is 15.5. The van der Waals surface area contributed by atoms with Crippen LogP contribution in [0.2, 0.25) is 5.02 Å². The summed E-state index contributed by atoms with van der Waals surface area (Å²) in [5.74, 6) is 2.31. The number of carbonyl (C=O) groups excluding carboxylic acids is 1. The van der Waals surface area contributed by atoms with Crippen molar-refractivity contribution >= 4 is 34.2 Å². The van der Waals surface area contributed by atoms with Gasteiger partial charge in [-0.05, 0) is 79.0 Å². The standard InChI is InChI=1S/C29H37ClN2O3S/c1-2-6-21-15-24(30)11-13-26(21)23-18-32-17-22-10-9-20(22)7-4-3-5-8-29(33)31-36(34)25-12-14-28(35-19-23)27(32)16-25/h11-16,20,22-23H,2-10,17-19H2,1H3,(H,31,33). The third kappa shape index (κ3) is 5.75. The summed E-state index contributed by atoms with van der Waals surface area (Å²) in [5.41, 5.74) is 3.60. The molecular weight excluding hydrogens is 492 g/mol. The smallest absolute Gasteiger partial charge is 0.231 e. The van der Waals surface area contributed by atoms with Crippen LogP contribution in [0, 0.1) is 11.8 Å². The Labute approximate surface area is 222 Å². The molecule has 36 heavy (non-hydrogen) atoms. The number of halogens is 1. The number of benzene rings is 2. The predicted molar refractivity (Wildman–Crippen MR) is 146 cm³/mol. The maximum Gasteiger partial charge on any atom is 0.231 e. The first-order valence-electron chi connectivity index (χ1n) is 13.5. The number of amides is 1. The largest absolute Gasteiger partial charge is 0.491 e. The van der Waals surface area contributed by atoms with Crippen LogP contribution in [-0.2, 0) is 22.2 Å². The van der Waals surface area contributed by atoms with Crippen LogP contribution in [-0.4, -0.2) is 29.8 Å². The van der Waals surface area contributed by atoms with Crippen molar-refractivity contribution in [3.8, 4) is 5.75 Å². The summed E-state index contributed by atoms with van der Waals surface area (Å²) < 4.78 is 22.1. The van der Waals surface area contributed by atoms with Gasteiger partial charge in [0.15, 0.2) is 11.0 Å². The molecule has 1 aliphatic carbocycles. The Balaban J connectivity index is 1.49. The van der Waals surface area contributed by atoms with E-state index in [9.17, 15) is 9.00 Å². The summed E-state index contributed by atoms with van der Waals surface area (Å²) in [7, 11) is -1.58. The molecule has 194 valence electrons. The third-order valence-corrected chi connectivity index (χ3v) is 9.48. The van der Waals surface area contributed by atoms with Crippen LogP contribution in [0.15, 0.2) is 41.3 Å². The predicted octanol–water partition coefficient (Wildman–Crippen LogP) is 6.40. The topological polar surface area (TPSA) is 58.6 Å². The van der Waals surface area contributed by atoms with Gasteiger partial charge in [-0.3, -0.25) is 9.52 Å². The van der Waals surface area contributed by atoms with Crippen molar-refractivity contribution in [3.63, 3.8) is 0 Å². The van der Waals surface area contributed by atoms with Gasteiger partial charge in [0, 0.05) is 30.5 Å². The molecule has 3 aliphatic rings. The van der Waals surface area contributed by atoms with Crippen LogP contribution in [0.25, 0.3) is 0 Å². The van der Waals surface area contributed by atoms with Crippen LogP contribution in [0.3, 0.4) is 0 Å². The summed E-state index contributed by atoms with van der Waals surface area (Å²) in [6, 6.07) is 12.0. The molecule has 2 bridgehead atoms. The highest BCUT2D eigenvalue weighted by atomic mass is 35.5. The monoisotopic (exact) mass is 528 g/mol. The van der Waals surface area contributed by atoms with Crippen LogP contribution in [0.5, 0.6) is 5.75 Å². The minimum atomic E-state index is -1.58. The third-order valence-electron chi connectivity index (χ3n) is 8.15. The molecule has 7 heteroatoms. The SMILES string of the molecule is CCCc1cc(Cl)ccc1C1COc2ccc3cc2N(C1)CC1CCC1CCCCCC(=O)NS3=O. The maximum absolute atomic E-state index is 13.0. The molecule has 1 saturated carbocycles. The average Bonchev–Trinajstić information content (AvgIpc) is 3.03. The van der Waals surface area contributed by atoms with E-state index in [1.807, 2.05) is 24.3 Å². The van der Waals surface area contributed by atoms with Crippen LogP contribution in [0.4, 0.5) is 5.69 Å². The zero-order chi connectivity index (χ0) is 25.1. The first kappa shape index (κ1) is 25.6. The number of fused-ring (bicyclic) bond motifs is 2. The first-order valence-corrected chi connectivity index (χ1v) is 15.1. The van der Waals surface area contributed by atoms with E-state index in [4.69, 9.17) is 16.3 Å². The molecule has 2 heterocycles. The van der Waals surface area contributed by atoms with Crippen molar-refractivity contribution in [1.29, 1.82) is 0 Å². The van der Waals surface area contributed by atoms with Crippen LogP contribution >= 0.6 is 11.6 Å². The van der Waals surface area contributed by atoms with Crippen molar-refractivity contribution in [3.05, 3.63) is 52.5 Å². The van der Waals surface area contributed by atoms with Gasteiger partial charge in [-0.2, -0.15) is 0 Å². The lowest BCUT2D eigenvalue weighted by Gasteiger charge is -2.41. The number of hydrogen-bond donors (Lipinski definition) is 1. The summed E-state index contributed by atoms with van der Waals surface area (Å²) in [6.07, 6.45) is 9.35. The number of aryl methyl sites for hydroxylation is 1. The molecule has 2 aliphatic heterocycles. The fourth-order valence-electron chi connectivity index (χ4n) is 6.03. The van der Waals surface area contributed by atoms with Crippen molar-refractivity contribution in [2.24, 2.45) is 11.8 Å². The van der Waals surface area contributed by atoms with Gasteiger partial charge in [-0.25, -0.2) is 4.21 Å². The highest BCUT2D eigenvalue weighted by Crippen LogP contribution is 2.43. The molecule has 4 atom stereocenters. The van der Waals surface area contributed by atoms with E-state index in [2.05, 4.69) is 28.7 Å². The average molecular weight is 529 g/mol. The molecule has 5 rings (SSSR count). The molecule has 4 unspecified atom stereocenters. The number of hydrogen-bond acceptors (Lipinski definition) is 4. The molecule has 0 spiro atoms. The number of nitrogens with one attached hydrogen (secondary N) is 1. The minimum absolute atomic E-state index is 0.140. The van der Waals surface area contributed by atoms with Crippen molar-refractivity contribution < 1.29 is 13.7 Å². The van der Waals surface area contributed by atoms with Gasteiger partial charge in [-0.15, -0.1) is 0 Å². The Bertz CT molecular complexity index is 1120. The zero-order valence-corrected chi connectivity index (χ0v) is 22.7. The lowest BCUT2D eigenvalue weighted by atomic mass is 9.70. The van der Waals surface area contributed by atoms with E-state index in [0.29, 0.717) is 23.8 Å². The van der Waals surface area contributed by atoms with Gasteiger partial charge < -0.3 is 9.64 Å². The number of carbonyl (C=O) groups is 1. The van der Waals surface area contributed by atoms with Gasteiger partial charge in [-0.1, -0.05) is 50.3 Å². The molecule has 1 amide bonds. The highest BCUT2D eigenvalue weighted by Gasteiger charge is 2.35. The fourth-order valence-corrected chi connectivity index (χ4v) is 7.06. The zero-order valence-electron chi connectivity index (χ0n) is 21.1. The molecule has 0 saturated heterocycles. The Morgan fingerprint density at radius 3 is 2.72 bits per heavy atom. The highest BCUT2D eigenvalue weighted by molar-refractivity contribution is 7.83. The van der Waals surface area contributed by atoms with Crippen molar-refractivity contribution in [1.82, 2.24) is 4.72 Å². The number of anilines is 1. The van der Waals surface area contributed by atoms with Gasteiger partial charge in [0.25, 0.3) is 0 Å². The summed E-state index contributed by atoms with van der Waals surface area (Å²) in [5, 5.41) is 0.778. The van der Waals surface area contributed by atoms with Crippen LogP contribution < -0.4 is 14.4 Å². The molecule has 2 aromatic carbocycles. The first-order chi connectivity index (χ1) is 17.5. The second kappa shape index (κ2) is 11.6. The lowest BCUT2D eigenvalue weighted by Crippen LogP contribution is -2.40. The van der Waals surface area contributed by atoms with E-state index < -0.39 is 11.0 Å². The molecule has 0 aromatic heterocycles. The van der Waals surface area contributed by atoms with E-state index in [1.165, 1.54) is 30.4 Å². The van der Waals surface area contributed by atoms with Gasteiger partial charge in [0.1, 0.15) is 5.75 Å². The Morgan fingerprint density at radius 1 is 1.06 bits per heavy atom. The van der Waals surface area contributed by atoms with Crippen molar-refractivity contribution in [2.75, 3.05) is 24.6 Å². The van der Waals surface area contributed by atoms with E-state index in [-0.39, 0.29) is 11.8 Å². The lowest BCUT2D eigenvalue weighted by molar-refractivity contribution is -0.119. The van der Waals surface area contributed by atoms with E-state index >= 15 is 0 Å². The van der Waals surface area contributed by atoms with Crippen LogP contribution in [0.1, 0.15) is 75.3 Å². The number of rotatable bonds is 3.